The molecular formula is C54H94O6. The second-order valence-electron chi connectivity index (χ2n) is 16.7. The first kappa shape index (κ1) is 57.1. The first-order chi connectivity index (χ1) is 29.5. The van der Waals surface area contributed by atoms with E-state index in [1.807, 2.05) is 0 Å². The highest BCUT2D eigenvalue weighted by molar-refractivity contribution is 5.71. The minimum Gasteiger partial charge on any atom is -0.462 e. The molecule has 0 spiro atoms. The van der Waals surface area contributed by atoms with Crippen LogP contribution < -0.4 is 0 Å². The van der Waals surface area contributed by atoms with E-state index in [1.165, 1.54) is 109 Å². The Morgan fingerprint density at radius 1 is 0.333 bits per heavy atom. The molecule has 0 bridgehead atoms. The molecule has 0 aliphatic rings. The van der Waals surface area contributed by atoms with Gasteiger partial charge in [0.25, 0.3) is 0 Å². The summed E-state index contributed by atoms with van der Waals surface area (Å²) in [6.45, 7) is 6.52. The van der Waals surface area contributed by atoms with Gasteiger partial charge in [-0.25, -0.2) is 0 Å². The lowest BCUT2D eigenvalue weighted by atomic mass is 10.1. The van der Waals surface area contributed by atoms with E-state index in [1.54, 1.807) is 0 Å². The van der Waals surface area contributed by atoms with Crippen LogP contribution in [0.5, 0.6) is 0 Å². The van der Waals surface area contributed by atoms with Crippen molar-refractivity contribution in [3.8, 4) is 0 Å². The van der Waals surface area contributed by atoms with Crippen LogP contribution in [0.1, 0.15) is 245 Å². The Balaban J connectivity index is 4.37. The van der Waals surface area contributed by atoms with Crippen molar-refractivity contribution in [2.24, 2.45) is 0 Å². The Labute approximate surface area is 370 Å². The normalized spacial score (nSPS) is 12.5. The predicted octanol–water partition coefficient (Wildman–Crippen LogP) is 16.5. The van der Waals surface area contributed by atoms with Crippen molar-refractivity contribution in [1.29, 1.82) is 0 Å². The lowest BCUT2D eigenvalue weighted by Gasteiger charge is -2.18. The van der Waals surface area contributed by atoms with E-state index in [-0.39, 0.29) is 31.1 Å². The predicted molar refractivity (Wildman–Crippen MR) is 256 cm³/mol. The fourth-order valence-corrected chi connectivity index (χ4v) is 6.83. The number of hydrogen-bond acceptors (Lipinski definition) is 6. The average Bonchev–Trinajstić information content (AvgIpc) is 3.24. The maximum Gasteiger partial charge on any atom is 0.306 e. The Morgan fingerprint density at radius 2 is 0.617 bits per heavy atom. The van der Waals surface area contributed by atoms with Crippen molar-refractivity contribution in [3.63, 3.8) is 0 Å². The lowest BCUT2D eigenvalue weighted by Crippen LogP contribution is -2.30. The van der Waals surface area contributed by atoms with Gasteiger partial charge in [-0.2, -0.15) is 0 Å². The van der Waals surface area contributed by atoms with Gasteiger partial charge in [0, 0.05) is 19.3 Å². The molecule has 6 nitrogen and oxygen atoms in total. The molecular weight excluding hydrogens is 745 g/mol. The molecule has 0 heterocycles. The van der Waals surface area contributed by atoms with E-state index in [0.29, 0.717) is 19.3 Å². The number of unbranched alkanes of at least 4 members (excludes halogenated alkanes) is 24. The first-order valence-corrected chi connectivity index (χ1v) is 25.3. The van der Waals surface area contributed by atoms with Crippen LogP contribution in [0.2, 0.25) is 0 Å². The molecule has 1 unspecified atom stereocenters. The molecule has 0 aliphatic carbocycles. The maximum absolute atomic E-state index is 12.7. The third-order valence-electron chi connectivity index (χ3n) is 10.7. The fourth-order valence-electron chi connectivity index (χ4n) is 6.83. The quantitative estimate of drug-likeness (QED) is 0.0263. The zero-order chi connectivity index (χ0) is 43.7. The van der Waals surface area contributed by atoms with Gasteiger partial charge < -0.3 is 14.2 Å². The molecule has 0 aliphatic heterocycles. The van der Waals surface area contributed by atoms with Gasteiger partial charge in [0.15, 0.2) is 6.10 Å². The molecule has 346 valence electrons. The Bertz CT molecular complexity index is 1100. The number of rotatable bonds is 45. The van der Waals surface area contributed by atoms with Gasteiger partial charge in [0.05, 0.1) is 0 Å². The summed E-state index contributed by atoms with van der Waals surface area (Å²) in [6.07, 6.45) is 59.1. The average molecular weight is 839 g/mol. The van der Waals surface area contributed by atoms with E-state index in [2.05, 4.69) is 81.5 Å². The standard InChI is InChI=1S/C54H94O6/c1-4-7-10-13-16-19-22-24-25-26-27-28-29-30-33-35-38-41-44-47-53(56)59-50-51(49-58-52(55)46-43-40-37-34-31-21-18-15-12-9-6-3)60-54(57)48-45-42-39-36-32-23-20-17-14-11-8-5-2/h15-20,24-25,27-28,51H,4-14,21-23,26,29-50H2,1-3H3/b18-15-,19-16-,20-17-,25-24-,28-27-. The van der Waals surface area contributed by atoms with E-state index < -0.39 is 6.10 Å². The molecule has 0 fully saturated rings. The summed E-state index contributed by atoms with van der Waals surface area (Å²) < 4.78 is 16.7. The molecule has 0 amide bonds. The Kier molecular flexibility index (Phi) is 46.4. The van der Waals surface area contributed by atoms with E-state index in [0.717, 1.165) is 96.3 Å². The number of carbonyl (C=O) groups is 3. The van der Waals surface area contributed by atoms with Crippen molar-refractivity contribution >= 4 is 17.9 Å². The molecule has 0 N–H and O–H groups in total. The van der Waals surface area contributed by atoms with Crippen molar-refractivity contribution < 1.29 is 28.6 Å². The fraction of sp³-hybridized carbons (Fsp3) is 0.759. The summed E-state index contributed by atoms with van der Waals surface area (Å²) in [5.74, 6) is -0.917. The van der Waals surface area contributed by atoms with Crippen LogP contribution in [0.3, 0.4) is 0 Å². The van der Waals surface area contributed by atoms with Crippen molar-refractivity contribution in [2.45, 2.75) is 252 Å². The molecule has 0 saturated heterocycles. The molecule has 0 saturated carbocycles. The van der Waals surface area contributed by atoms with Crippen molar-refractivity contribution in [2.75, 3.05) is 13.2 Å². The summed E-state index contributed by atoms with van der Waals surface area (Å²) in [5.41, 5.74) is 0. The van der Waals surface area contributed by atoms with Gasteiger partial charge in [-0.1, -0.05) is 184 Å². The number of carbonyl (C=O) groups excluding carboxylic acids is 3. The van der Waals surface area contributed by atoms with Crippen molar-refractivity contribution in [3.05, 3.63) is 60.8 Å². The third kappa shape index (κ3) is 46.2. The number of ether oxygens (including phenoxy) is 3. The van der Waals surface area contributed by atoms with E-state index in [4.69, 9.17) is 14.2 Å². The van der Waals surface area contributed by atoms with Crippen LogP contribution in [-0.4, -0.2) is 37.2 Å². The van der Waals surface area contributed by atoms with Gasteiger partial charge >= 0.3 is 17.9 Å². The maximum atomic E-state index is 12.7. The monoisotopic (exact) mass is 839 g/mol. The summed E-state index contributed by atoms with van der Waals surface area (Å²) >= 11 is 0. The minimum atomic E-state index is -0.785. The topological polar surface area (TPSA) is 78.9 Å². The summed E-state index contributed by atoms with van der Waals surface area (Å²) in [6, 6.07) is 0. The SMILES string of the molecule is CCCC/C=C\CCCCCCCC(=O)OCC(COC(=O)CCCCCCCC/C=C\C/C=C\C/C=C\CCCCC)OC(=O)CCCCCCC/C=C\CCCCC. The molecule has 0 aromatic rings. The largest absolute Gasteiger partial charge is 0.462 e. The van der Waals surface area contributed by atoms with Crippen LogP contribution in [0.25, 0.3) is 0 Å². The molecule has 6 heteroatoms. The van der Waals surface area contributed by atoms with Gasteiger partial charge in [0.1, 0.15) is 13.2 Å². The van der Waals surface area contributed by atoms with Crippen LogP contribution in [0, 0.1) is 0 Å². The highest BCUT2D eigenvalue weighted by Crippen LogP contribution is 2.13. The van der Waals surface area contributed by atoms with E-state index in [9.17, 15) is 14.4 Å². The minimum absolute atomic E-state index is 0.0864. The highest BCUT2D eigenvalue weighted by Gasteiger charge is 2.19. The van der Waals surface area contributed by atoms with Gasteiger partial charge in [-0.05, 0) is 103 Å². The summed E-state index contributed by atoms with van der Waals surface area (Å²) in [4.78, 5) is 37.9. The smallest absolute Gasteiger partial charge is 0.306 e. The van der Waals surface area contributed by atoms with Crippen LogP contribution in [-0.2, 0) is 28.6 Å². The summed E-state index contributed by atoms with van der Waals surface area (Å²) in [7, 11) is 0. The van der Waals surface area contributed by atoms with Crippen LogP contribution in [0.15, 0.2) is 60.8 Å². The third-order valence-corrected chi connectivity index (χ3v) is 10.7. The van der Waals surface area contributed by atoms with E-state index >= 15 is 0 Å². The van der Waals surface area contributed by atoms with Crippen LogP contribution >= 0.6 is 0 Å². The number of hydrogen-bond donors (Lipinski definition) is 0. The number of esters is 3. The Hall–Kier alpha value is -2.89. The zero-order valence-electron chi connectivity index (χ0n) is 39.5. The van der Waals surface area contributed by atoms with Gasteiger partial charge in [-0.15, -0.1) is 0 Å². The molecule has 1 atom stereocenters. The molecule has 0 aromatic carbocycles. The number of allylic oxidation sites excluding steroid dienone is 10. The van der Waals surface area contributed by atoms with Crippen molar-refractivity contribution in [1.82, 2.24) is 0 Å². The summed E-state index contributed by atoms with van der Waals surface area (Å²) in [5, 5.41) is 0. The molecule has 0 aromatic heterocycles. The van der Waals surface area contributed by atoms with Gasteiger partial charge in [0.2, 0.25) is 0 Å². The lowest BCUT2D eigenvalue weighted by molar-refractivity contribution is -0.167. The second kappa shape index (κ2) is 48.8. The van der Waals surface area contributed by atoms with Crippen LogP contribution in [0.4, 0.5) is 0 Å². The molecule has 60 heavy (non-hydrogen) atoms. The highest BCUT2D eigenvalue weighted by atomic mass is 16.6. The Morgan fingerprint density at radius 3 is 1.00 bits per heavy atom. The first-order valence-electron chi connectivity index (χ1n) is 25.3. The zero-order valence-corrected chi connectivity index (χ0v) is 39.5. The molecule has 0 rings (SSSR count). The molecule has 0 radical (unpaired) electrons. The second-order valence-corrected chi connectivity index (χ2v) is 16.7. The van der Waals surface area contributed by atoms with Gasteiger partial charge in [-0.3, -0.25) is 14.4 Å².